The van der Waals surface area contributed by atoms with Crippen molar-refractivity contribution >= 4 is 73.9 Å². The molecule has 0 aliphatic carbocycles. The summed E-state index contributed by atoms with van der Waals surface area (Å²) in [7, 11) is 21.1. The SMILES string of the molecule is C=C.C=CC.C=CC.C=CC.CC(C)CCC(C)P.CCC(C)CC(C)P.CCC(C)P.CCC(C)P.CCC(C)P.CCC(C)[PH3+].CCCCC(C)P.CP. The Morgan fingerprint density at radius 3 is 0.732 bits per heavy atom. The van der Waals surface area contributed by atoms with E-state index < -0.39 is 0 Å². The lowest BCUT2D eigenvalue weighted by atomic mass is 10.0. The third-order valence-corrected chi connectivity index (χ3v) is 9.24. The van der Waals surface area contributed by atoms with Gasteiger partial charge in [-0.1, -0.05) is 174 Å². The van der Waals surface area contributed by atoms with Gasteiger partial charge in [-0.3, -0.25) is 0 Å². The maximum absolute atomic E-state index is 3.36. The van der Waals surface area contributed by atoms with Crippen LogP contribution in [0.15, 0.2) is 51.1 Å². The minimum absolute atomic E-state index is 0.796. The molecule has 0 aromatic heterocycles. The van der Waals surface area contributed by atoms with Gasteiger partial charge in [-0.05, 0) is 108 Å². The molecule has 0 heterocycles. The van der Waals surface area contributed by atoms with E-state index in [4.69, 9.17) is 0 Å². The molecule has 352 valence electrons. The molecule has 0 aromatic rings. The van der Waals surface area contributed by atoms with Crippen molar-refractivity contribution in [1.82, 2.24) is 0 Å². The van der Waals surface area contributed by atoms with Gasteiger partial charge < -0.3 is 0 Å². The van der Waals surface area contributed by atoms with Crippen LogP contribution in [0.2, 0.25) is 0 Å². The van der Waals surface area contributed by atoms with E-state index in [1.807, 2.05) is 27.4 Å². The van der Waals surface area contributed by atoms with Crippen molar-refractivity contribution in [3.8, 4) is 0 Å². The summed E-state index contributed by atoms with van der Waals surface area (Å²) >= 11 is 0. The summed E-state index contributed by atoms with van der Waals surface area (Å²) < 4.78 is 0. The molecule has 0 aliphatic heterocycles. The summed E-state index contributed by atoms with van der Waals surface area (Å²) in [6.07, 6.45) is 19.8. The van der Waals surface area contributed by atoms with Crippen molar-refractivity contribution in [3.63, 3.8) is 0 Å². The van der Waals surface area contributed by atoms with Crippen LogP contribution in [0.1, 0.15) is 202 Å². The average Bonchev–Trinajstić information content (AvgIpc) is 3.13. The normalized spacial score (nSPS) is 12.7. The molecule has 56 heavy (non-hydrogen) atoms. The van der Waals surface area contributed by atoms with Gasteiger partial charge in [0, 0.05) is 0 Å². The van der Waals surface area contributed by atoms with Crippen LogP contribution in [0.3, 0.4) is 0 Å². The Morgan fingerprint density at radius 1 is 0.446 bits per heavy atom. The van der Waals surface area contributed by atoms with Crippen molar-refractivity contribution in [2.75, 3.05) is 6.66 Å². The maximum atomic E-state index is 3.36. The minimum Gasteiger partial charge on any atom is -0.141 e. The fraction of sp³-hybridized carbons (Fsp3) is 0.833. The maximum Gasteiger partial charge on any atom is 0.0599 e. The van der Waals surface area contributed by atoms with Crippen molar-refractivity contribution in [2.45, 2.75) is 242 Å². The quantitative estimate of drug-likeness (QED) is 0.127. The van der Waals surface area contributed by atoms with Gasteiger partial charge in [-0.15, -0.1) is 97.6 Å². The van der Waals surface area contributed by atoms with Crippen LogP contribution < -0.4 is 0 Å². The second-order valence-electron chi connectivity index (χ2n) is 14.7. The standard InChI is InChI=1S/2C7H17P.C6H15P.4C4H11P.3C3H6.C2H4.CH5P/c1-6(2)4-5-7(3)8;1-4-6(2)5-7(3)8;1-3-4-5-6(2)7;4*1-3-4(2)5;3*1-3-2;2*1-2/h2*6-7H,4-5,8H2,1-3H3;6H,3-5,7H2,1-2H3;4*4H,3,5H2,1-2H3;3*3H,1H2,2H3;1-2H2;2H2,1H3/p+1. The predicted molar refractivity (Wildman–Crippen MR) is 319 cm³/mol. The molecular formula is C48H121P8+. The lowest BCUT2D eigenvalue weighted by Crippen LogP contribution is -1.99. The van der Waals surface area contributed by atoms with Gasteiger partial charge in [0.05, 0.1) is 5.66 Å². The van der Waals surface area contributed by atoms with E-state index in [0.717, 1.165) is 51.4 Å². The summed E-state index contributed by atoms with van der Waals surface area (Å²) in [6.45, 7) is 59.2. The molecule has 0 saturated heterocycles. The molecule has 8 heteroatoms. The lowest BCUT2D eigenvalue weighted by molar-refractivity contribution is 0.515. The van der Waals surface area contributed by atoms with Crippen molar-refractivity contribution < 1.29 is 0 Å². The van der Waals surface area contributed by atoms with Crippen LogP contribution in [0.5, 0.6) is 0 Å². The molecule has 0 amide bonds. The summed E-state index contributed by atoms with van der Waals surface area (Å²) in [5, 5.41) is 0. The smallest absolute Gasteiger partial charge is 0.0599 e. The minimum atomic E-state index is 0.796. The van der Waals surface area contributed by atoms with Crippen molar-refractivity contribution in [2.24, 2.45) is 11.8 Å². The molecule has 0 saturated carbocycles. The van der Waals surface area contributed by atoms with Crippen LogP contribution in [0, 0.1) is 11.8 Å². The molecule has 0 nitrogen and oxygen atoms in total. The summed E-state index contributed by atoms with van der Waals surface area (Å²) in [5.74, 6) is 1.78. The molecule has 0 spiro atoms. The lowest BCUT2D eigenvalue weighted by Gasteiger charge is -2.09. The van der Waals surface area contributed by atoms with Gasteiger partial charge in [0.2, 0.25) is 0 Å². The zero-order valence-corrected chi connectivity index (χ0v) is 52.5. The first-order valence-corrected chi connectivity index (χ1v) is 28.0. The van der Waals surface area contributed by atoms with Gasteiger partial charge in [-0.2, -0.15) is 0 Å². The van der Waals surface area contributed by atoms with Gasteiger partial charge in [0.25, 0.3) is 0 Å². The topological polar surface area (TPSA) is 0 Å². The molecule has 16 atom stereocenters. The van der Waals surface area contributed by atoms with E-state index in [-0.39, 0.29) is 0 Å². The third kappa shape index (κ3) is 268. The Morgan fingerprint density at radius 2 is 0.679 bits per heavy atom. The van der Waals surface area contributed by atoms with Crippen LogP contribution >= 0.6 is 73.9 Å². The highest BCUT2D eigenvalue weighted by atomic mass is 31.0. The Bertz CT molecular complexity index is 493. The molecule has 0 aliphatic rings. The fourth-order valence-electron chi connectivity index (χ4n) is 1.92. The third-order valence-electron chi connectivity index (χ3n) is 6.31. The predicted octanol–water partition coefficient (Wildman–Crippen LogP) is 19.1. The first kappa shape index (κ1) is 89.4. The van der Waals surface area contributed by atoms with E-state index in [1.54, 1.807) is 18.2 Å². The average molecular weight is 946 g/mol. The fourth-order valence-corrected chi connectivity index (χ4v) is 2.82. The van der Waals surface area contributed by atoms with Gasteiger partial charge >= 0.3 is 0 Å². The molecule has 0 aromatic carbocycles. The number of unbranched alkanes of at least 4 members (excludes halogenated alkanes) is 1. The van der Waals surface area contributed by atoms with Gasteiger partial charge in [0.15, 0.2) is 0 Å². The Kier molecular flexibility index (Phi) is 155. The summed E-state index contributed by atoms with van der Waals surface area (Å²) in [4.78, 5) is 0. The first-order valence-electron chi connectivity index (χ1n) is 22.0. The van der Waals surface area contributed by atoms with E-state index in [9.17, 15) is 0 Å². The molecular weight excluding hydrogens is 824 g/mol. The number of hydrogen-bond acceptors (Lipinski definition) is 0. The Balaban J connectivity index is -0.0000000386. The zero-order chi connectivity index (χ0) is 48.1. The second-order valence-corrected chi connectivity index (χ2v) is 22.9. The van der Waals surface area contributed by atoms with Crippen LogP contribution in [0.4, 0.5) is 0 Å². The molecule has 0 radical (unpaired) electrons. The van der Waals surface area contributed by atoms with E-state index in [1.165, 1.54) is 70.6 Å². The van der Waals surface area contributed by atoms with Gasteiger partial charge in [0.1, 0.15) is 0 Å². The van der Waals surface area contributed by atoms with Gasteiger partial charge in [-0.25, -0.2) is 0 Å². The Labute approximate surface area is 383 Å². The van der Waals surface area contributed by atoms with Crippen molar-refractivity contribution in [1.29, 1.82) is 0 Å². The number of rotatable bonds is 13. The summed E-state index contributed by atoms with van der Waals surface area (Å²) in [5.41, 5.74) is 5.73. The summed E-state index contributed by atoms with van der Waals surface area (Å²) in [6, 6.07) is 0. The molecule has 16 unspecified atom stereocenters. The molecule has 0 fully saturated rings. The first-order chi connectivity index (χ1) is 25.9. The van der Waals surface area contributed by atoms with E-state index >= 15 is 0 Å². The molecule has 0 N–H and O–H groups in total. The molecule has 0 rings (SSSR count). The Hall–Kier alpha value is 2.40. The van der Waals surface area contributed by atoms with Crippen molar-refractivity contribution in [3.05, 3.63) is 51.1 Å². The monoisotopic (exact) mass is 946 g/mol. The van der Waals surface area contributed by atoms with Crippen LogP contribution in [-0.4, -0.2) is 46.3 Å². The molecule has 0 bridgehead atoms. The van der Waals surface area contributed by atoms with Crippen LogP contribution in [-0.2, 0) is 0 Å². The highest BCUT2D eigenvalue weighted by Crippen LogP contribution is 2.14. The second kappa shape index (κ2) is 96.9. The van der Waals surface area contributed by atoms with E-state index in [2.05, 4.69) is 218 Å². The highest BCUT2D eigenvalue weighted by molar-refractivity contribution is 7.18. The number of allylic oxidation sites excluding steroid dienone is 3. The van der Waals surface area contributed by atoms with E-state index in [0.29, 0.717) is 0 Å². The largest absolute Gasteiger partial charge is 0.141 e. The zero-order valence-electron chi connectivity index (χ0n) is 43.0. The number of hydrogen-bond donors (Lipinski definition) is 0. The van der Waals surface area contributed by atoms with Crippen LogP contribution in [0.25, 0.3) is 0 Å². The highest BCUT2D eigenvalue weighted by Gasteiger charge is 2.00.